The van der Waals surface area contributed by atoms with E-state index >= 15 is 0 Å². The zero-order chi connectivity index (χ0) is 24.6. The van der Waals surface area contributed by atoms with Crippen LogP contribution in [0.25, 0.3) is 11.3 Å². The van der Waals surface area contributed by atoms with E-state index in [-0.39, 0.29) is 24.0 Å². The summed E-state index contributed by atoms with van der Waals surface area (Å²) < 4.78 is 64.7. The predicted molar refractivity (Wildman–Crippen MR) is 115 cm³/mol. The quantitative estimate of drug-likeness (QED) is 0.379. The third kappa shape index (κ3) is 4.70. The van der Waals surface area contributed by atoms with Crippen molar-refractivity contribution in [1.82, 2.24) is 19.5 Å². The van der Waals surface area contributed by atoms with Gasteiger partial charge >= 0.3 is 11.9 Å². The third-order valence-corrected chi connectivity index (χ3v) is 5.38. The molecule has 7 nitrogen and oxygen atoms in total. The first-order valence-corrected chi connectivity index (χ1v) is 10.5. The minimum absolute atomic E-state index is 0.0713. The maximum Gasteiger partial charge on any atom is 0.451 e. The molecule has 3 heterocycles. The average Bonchev–Trinajstić information content (AvgIpc) is 2.84. The molecule has 5 rings (SSSR count). The normalized spacial score (nSPS) is 12.6. The van der Waals surface area contributed by atoms with E-state index in [1.165, 1.54) is 12.1 Å². The van der Waals surface area contributed by atoms with Crippen LogP contribution in [0.3, 0.4) is 0 Å². The molecule has 0 aliphatic carbocycles. The highest BCUT2D eigenvalue weighted by Crippen LogP contribution is 2.30. The summed E-state index contributed by atoms with van der Waals surface area (Å²) in [6.45, 7) is 0.452. The van der Waals surface area contributed by atoms with Gasteiger partial charge in [0.25, 0.3) is 0 Å². The number of rotatable bonds is 5. The summed E-state index contributed by atoms with van der Waals surface area (Å²) in [6, 6.07) is 13.4. The van der Waals surface area contributed by atoms with Crippen LogP contribution in [0, 0.1) is 5.82 Å². The van der Waals surface area contributed by atoms with Crippen molar-refractivity contribution in [3.05, 3.63) is 94.2 Å². The molecular formula is C24H16F4N4O3. The fourth-order valence-corrected chi connectivity index (χ4v) is 3.73. The zero-order valence-electron chi connectivity index (χ0n) is 17.9. The first-order chi connectivity index (χ1) is 16.8. The van der Waals surface area contributed by atoms with Crippen molar-refractivity contribution in [2.45, 2.75) is 25.7 Å². The van der Waals surface area contributed by atoms with Gasteiger partial charge in [-0.3, -0.25) is 4.57 Å². The topological polar surface area (TPSA) is 79.1 Å². The predicted octanol–water partition coefficient (Wildman–Crippen LogP) is 4.79. The maximum absolute atomic E-state index is 14.5. The van der Waals surface area contributed by atoms with Crippen molar-refractivity contribution < 1.29 is 27.0 Å². The zero-order valence-corrected chi connectivity index (χ0v) is 17.9. The number of hydrogen-bond donors (Lipinski definition) is 0. The van der Waals surface area contributed by atoms with Gasteiger partial charge in [-0.15, -0.1) is 0 Å². The van der Waals surface area contributed by atoms with Crippen molar-refractivity contribution in [2.24, 2.45) is 0 Å². The summed E-state index contributed by atoms with van der Waals surface area (Å²) in [6.07, 6.45) is -2.33. The number of aromatic nitrogens is 4. The van der Waals surface area contributed by atoms with Gasteiger partial charge in [-0.1, -0.05) is 30.3 Å². The van der Waals surface area contributed by atoms with E-state index in [1.807, 2.05) is 24.3 Å². The van der Waals surface area contributed by atoms with Gasteiger partial charge in [-0.2, -0.15) is 18.2 Å². The van der Waals surface area contributed by atoms with Crippen molar-refractivity contribution in [3.8, 4) is 28.6 Å². The molecule has 0 saturated heterocycles. The van der Waals surface area contributed by atoms with Crippen LogP contribution in [0.2, 0.25) is 0 Å². The molecule has 0 bridgehead atoms. The molecule has 1 aliphatic heterocycles. The molecule has 35 heavy (non-hydrogen) atoms. The second kappa shape index (κ2) is 8.82. The Morgan fingerprint density at radius 1 is 1.03 bits per heavy atom. The van der Waals surface area contributed by atoms with Crippen LogP contribution < -0.4 is 15.2 Å². The fourth-order valence-electron chi connectivity index (χ4n) is 3.73. The summed E-state index contributed by atoms with van der Waals surface area (Å²) in [4.78, 5) is 22.8. The van der Waals surface area contributed by atoms with Gasteiger partial charge in [0.1, 0.15) is 6.61 Å². The number of hydrogen-bond acceptors (Lipinski definition) is 6. The minimum atomic E-state index is -4.69. The highest BCUT2D eigenvalue weighted by molar-refractivity contribution is 5.66. The monoisotopic (exact) mass is 484 g/mol. The Hall–Kier alpha value is -4.28. The summed E-state index contributed by atoms with van der Waals surface area (Å²) >= 11 is 0. The molecule has 4 aromatic rings. The summed E-state index contributed by atoms with van der Waals surface area (Å²) in [5.74, 6) is -2.35. The second-order valence-corrected chi connectivity index (χ2v) is 7.72. The Balaban J connectivity index is 1.30. The van der Waals surface area contributed by atoms with E-state index in [9.17, 15) is 22.4 Å². The van der Waals surface area contributed by atoms with Crippen LogP contribution in [0.4, 0.5) is 17.6 Å². The molecule has 2 aromatic carbocycles. The molecule has 0 spiro atoms. The first-order valence-electron chi connectivity index (χ1n) is 10.5. The van der Waals surface area contributed by atoms with Crippen molar-refractivity contribution >= 4 is 0 Å². The SMILES string of the molecule is O=c1nc(OCc2ccc(Oc3cnc(C(F)(F)F)nc3)c(F)c2)cc2n1CCc1ccccc1-2. The number of halogens is 4. The molecule has 0 unspecified atom stereocenters. The first kappa shape index (κ1) is 22.5. The summed E-state index contributed by atoms with van der Waals surface area (Å²) in [5.41, 5.74) is 2.76. The molecule has 1 aliphatic rings. The molecular weight excluding hydrogens is 468 g/mol. The molecule has 0 fully saturated rings. The van der Waals surface area contributed by atoms with Crippen LogP contribution in [-0.4, -0.2) is 19.5 Å². The number of aryl methyl sites for hydroxylation is 1. The lowest BCUT2D eigenvalue weighted by atomic mass is 9.98. The Bertz CT molecular complexity index is 1450. The highest BCUT2D eigenvalue weighted by atomic mass is 19.4. The second-order valence-electron chi connectivity index (χ2n) is 7.72. The highest BCUT2D eigenvalue weighted by Gasteiger charge is 2.34. The van der Waals surface area contributed by atoms with Crippen LogP contribution in [-0.2, 0) is 25.7 Å². The fraction of sp³-hybridized carbons (Fsp3) is 0.167. The summed E-state index contributed by atoms with van der Waals surface area (Å²) in [5, 5.41) is 0. The van der Waals surface area contributed by atoms with E-state index in [4.69, 9.17) is 9.47 Å². The van der Waals surface area contributed by atoms with Gasteiger partial charge in [0, 0.05) is 18.2 Å². The summed E-state index contributed by atoms with van der Waals surface area (Å²) in [7, 11) is 0. The largest absolute Gasteiger partial charge is 0.473 e. The van der Waals surface area contributed by atoms with E-state index in [1.54, 1.807) is 10.6 Å². The Morgan fingerprint density at radius 3 is 2.54 bits per heavy atom. The van der Waals surface area contributed by atoms with Crippen LogP contribution in [0.15, 0.2) is 65.7 Å². The molecule has 0 N–H and O–H groups in total. The average molecular weight is 484 g/mol. The van der Waals surface area contributed by atoms with Crippen LogP contribution in [0.5, 0.6) is 17.4 Å². The number of alkyl halides is 3. The van der Waals surface area contributed by atoms with Crippen molar-refractivity contribution in [3.63, 3.8) is 0 Å². The lowest BCUT2D eigenvalue weighted by Crippen LogP contribution is -2.28. The lowest BCUT2D eigenvalue weighted by molar-refractivity contribution is -0.145. The molecule has 0 amide bonds. The van der Waals surface area contributed by atoms with Crippen molar-refractivity contribution in [1.29, 1.82) is 0 Å². The molecule has 0 atom stereocenters. The van der Waals surface area contributed by atoms with Crippen molar-refractivity contribution in [2.75, 3.05) is 0 Å². The van der Waals surface area contributed by atoms with Gasteiger partial charge in [0.2, 0.25) is 11.7 Å². The van der Waals surface area contributed by atoms with Gasteiger partial charge in [0.05, 0.1) is 18.1 Å². The molecule has 178 valence electrons. The van der Waals surface area contributed by atoms with Gasteiger partial charge in [0.15, 0.2) is 17.3 Å². The van der Waals surface area contributed by atoms with E-state index in [0.29, 0.717) is 17.8 Å². The lowest BCUT2D eigenvalue weighted by Gasteiger charge is -2.21. The van der Waals surface area contributed by atoms with E-state index in [2.05, 4.69) is 15.0 Å². The molecule has 0 saturated carbocycles. The molecule has 2 aromatic heterocycles. The van der Waals surface area contributed by atoms with Gasteiger partial charge in [-0.25, -0.2) is 19.2 Å². The maximum atomic E-state index is 14.5. The smallest absolute Gasteiger partial charge is 0.451 e. The Labute approximate surface area is 195 Å². The molecule has 0 radical (unpaired) electrons. The molecule has 11 heteroatoms. The number of benzene rings is 2. The van der Waals surface area contributed by atoms with Crippen LogP contribution >= 0.6 is 0 Å². The van der Waals surface area contributed by atoms with E-state index < -0.39 is 23.5 Å². The van der Waals surface area contributed by atoms with E-state index in [0.717, 1.165) is 36.0 Å². The number of nitrogens with zero attached hydrogens (tertiary/aromatic N) is 4. The Morgan fingerprint density at radius 2 is 1.80 bits per heavy atom. The van der Waals surface area contributed by atoms with Crippen LogP contribution in [0.1, 0.15) is 17.0 Å². The number of fused-ring (bicyclic) bond motifs is 3. The third-order valence-electron chi connectivity index (χ3n) is 5.38. The standard InChI is InChI=1S/C24H16F4N4O3/c25-18-9-14(5-6-20(18)35-16-11-29-22(30-12-16)24(26,27)28)13-34-21-10-19-17-4-2-1-3-15(17)7-8-32(19)23(33)31-21/h1-6,9-12H,7-8,13H2. The van der Waals surface area contributed by atoms with Gasteiger partial charge in [-0.05, 0) is 29.7 Å². The Kier molecular flexibility index (Phi) is 5.67. The minimum Gasteiger partial charge on any atom is -0.473 e. The number of ether oxygens (including phenoxy) is 2. The van der Waals surface area contributed by atoms with Gasteiger partial charge < -0.3 is 9.47 Å².